The molecule has 1 unspecified atom stereocenters. The molecule has 6 nitrogen and oxygen atoms in total. The first-order valence-corrected chi connectivity index (χ1v) is 9.16. The van der Waals surface area contributed by atoms with Gasteiger partial charge < -0.3 is 15.1 Å². The number of hydrogen-bond donors (Lipinski definition) is 2. The van der Waals surface area contributed by atoms with Crippen LogP contribution >= 0.6 is 0 Å². The molecular formula is C21H22N4O2. The molecule has 3 aromatic rings. The van der Waals surface area contributed by atoms with Gasteiger partial charge in [0.25, 0.3) is 5.91 Å². The largest absolute Gasteiger partial charge is 0.418 e. The summed E-state index contributed by atoms with van der Waals surface area (Å²) in [6, 6.07) is 15.6. The van der Waals surface area contributed by atoms with Gasteiger partial charge in [0.2, 0.25) is 11.8 Å². The molecule has 1 fully saturated rings. The Bertz CT molecular complexity index is 928. The topological polar surface area (TPSA) is 80.0 Å². The van der Waals surface area contributed by atoms with E-state index in [2.05, 4.69) is 20.8 Å². The van der Waals surface area contributed by atoms with Gasteiger partial charge in [0.05, 0.1) is 0 Å². The fourth-order valence-corrected chi connectivity index (χ4v) is 2.75. The van der Waals surface area contributed by atoms with Gasteiger partial charge >= 0.3 is 0 Å². The van der Waals surface area contributed by atoms with Crippen LogP contribution in [0.1, 0.15) is 47.6 Å². The second kappa shape index (κ2) is 7.23. The normalized spacial score (nSPS) is 14.6. The zero-order valence-corrected chi connectivity index (χ0v) is 15.4. The van der Waals surface area contributed by atoms with E-state index in [-0.39, 0.29) is 11.9 Å². The Labute approximate surface area is 158 Å². The fraction of sp³-hybridized carbons (Fsp3) is 0.286. The molecule has 1 heterocycles. The fourth-order valence-electron chi connectivity index (χ4n) is 2.75. The smallest absolute Gasteiger partial charge is 0.251 e. The number of nitrogens with zero attached hydrogens (tertiary/aromatic N) is 2. The van der Waals surface area contributed by atoms with Crippen molar-refractivity contribution in [2.24, 2.45) is 0 Å². The maximum atomic E-state index is 12.0. The zero-order valence-electron chi connectivity index (χ0n) is 15.4. The first-order valence-electron chi connectivity index (χ1n) is 9.16. The molecule has 2 aromatic carbocycles. The van der Waals surface area contributed by atoms with Gasteiger partial charge in [0.15, 0.2) is 0 Å². The summed E-state index contributed by atoms with van der Waals surface area (Å²) < 4.78 is 5.81. The molecule has 0 saturated heterocycles. The van der Waals surface area contributed by atoms with Crippen LogP contribution in [0.3, 0.4) is 0 Å². The number of nitrogens with one attached hydrogen (secondary N) is 2. The highest BCUT2D eigenvalue weighted by Gasteiger charge is 2.23. The second-order valence-corrected chi connectivity index (χ2v) is 7.00. The van der Waals surface area contributed by atoms with Crippen molar-refractivity contribution in [2.75, 3.05) is 5.32 Å². The minimum Gasteiger partial charge on any atom is -0.418 e. The van der Waals surface area contributed by atoms with E-state index in [9.17, 15) is 4.79 Å². The quantitative estimate of drug-likeness (QED) is 0.690. The van der Waals surface area contributed by atoms with Crippen LogP contribution in [0, 0.1) is 6.92 Å². The minimum atomic E-state index is -0.150. The lowest BCUT2D eigenvalue weighted by Crippen LogP contribution is -2.25. The van der Waals surface area contributed by atoms with Gasteiger partial charge in [0.1, 0.15) is 6.04 Å². The molecule has 0 radical (unpaired) electrons. The summed E-state index contributed by atoms with van der Waals surface area (Å²) in [5, 5.41) is 14.6. The van der Waals surface area contributed by atoms with Gasteiger partial charge in [-0.15, -0.1) is 10.2 Å². The molecule has 2 N–H and O–H groups in total. The SMILES string of the molecule is Cc1ccc(-c2nnc(C(C)Nc3ccc(C(=O)NC4CC4)cc3)o2)cc1. The minimum absolute atomic E-state index is 0.0169. The molecule has 1 aliphatic rings. The van der Waals surface area contributed by atoms with Crippen LogP contribution in [-0.4, -0.2) is 22.1 Å². The predicted octanol–water partition coefficient (Wildman–Crippen LogP) is 4.11. The van der Waals surface area contributed by atoms with E-state index >= 15 is 0 Å². The van der Waals surface area contributed by atoms with Crippen LogP contribution in [0.5, 0.6) is 0 Å². The van der Waals surface area contributed by atoms with E-state index in [1.54, 1.807) is 0 Å². The predicted molar refractivity (Wildman–Crippen MR) is 103 cm³/mol. The first-order chi connectivity index (χ1) is 13.1. The number of carbonyl (C=O) groups is 1. The second-order valence-electron chi connectivity index (χ2n) is 7.00. The standard InChI is InChI=1S/C21H22N4O2/c1-13-3-5-16(6-4-13)21-25-24-20(27-21)14(2)22-17-9-7-15(8-10-17)19(26)23-18-11-12-18/h3-10,14,18,22H,11-12H2,1-2H3,(H,23,26). The van der Waals surface area contributed by atoms with Crippen LogP contribution in [0.15, 0.2) is 52.9 Å². The number of rotatable bonds is 6. The molecule has 27 heavy (non-hydrogen) atoms. The summed E-state index contributed by atoms with van der Waals surface area (Å²) in [7, 11) is 0. The van der Waals surface area contributed by atoms with Crippen LogP contribution in [0.2, 0.25) is 0 Å². The molecule has 1 amide bonds. The Morgan fingerprint density at radius 2 is 1.78 bits per heavy atom. The molecule has 0 aliphatic heterocycles. The molecule has 1 aliphatic carbocycles. The van der Waals surface area contributed by atoms with Crippen molar-refractivity contribution in [1.82, 2.24) is 15.5 Å². The molecule has 1 aromatic heterocycles. The van der Waals surface area contributed by atoms with E-state index in [1.165, 1.54) is 5.56 Å². The van der Waals surface area contributed by atoms with E-state index < -0.39 is 0 Å². The van der Waals surface area contributed by atoms with Gasteiger partial charge in [-0.1, -0.05) is 17.7 Å². The molecule has 4 rings (SSSR count). The van der Waals surface area contributed by atoms with E-state index in [0.29, 0.717) is 23.4 Å². The van der Waals surface area contributed by atoms with Crippen LogP contribution < -0.4 is 10.6 Å². The van der Waals surface area contributed by atoms with Gasteiger partial charge in [-0.2, -0.15) is 0 Å². The zero-order chi connectivity index (χ0) is 18.8. The van der Waals surface area contributed by atoms with Gasteiger partial charge in [-0.25, -0.2) is 0 Å². The highest BCUT2D eigenvalue weighted by atomic mass is 16.4. The molecule has 138 valence electrons. The van der Waals surface area contributed by atoms with Crippen LogP contribution in [0.4, 0.5) is 5.69 Å². The summed E-state index contributed by atoms with van der Waals surface area (Å²) in [5.74, 6) is 1.00. The molecule has 1 saturated carbocycles. The maximum absolute atomic E-state index is 12.0. The summed E-state index contributed by atoms with van der Waals surface area (Å²) in [6.07, 6.45) is 2.16. The lowest BCUT2D eigenvalue weighted by molar-refractivity contribution is 0.0951. The van der Waals surface area contributed by atoms with Crippen molar-refractivity contribution in [3.63, 3.8) is 0 Å². The number of amides is 1. The highest BCUT2D eigenvalue weighted by Crippen LogP contribution is 2.24. The Balaban J connectivity index is 1.40. The number of aromatic nitrogens is 2. The number of carbonyl (C=O) groups excluding carboxylic acids is 1. The Kier molecular flexibility index (Phi) is 4.62. The third kappa shape index (κ3) is 4.16. The van der Waals surface area contributed by atoms with Crippen LogP contribution in [-0.2, 0) is 0 Å². The molecule has 6 heteroatoms. The first kappa shape index (κ1) is 17.3. The van der Waals surface area contributed by atoms with E-state index in [0.717, 1.165) is 24.1 Å². The highest BCUT2D eigenvalue weighted by molar-refractivity contribution is 5.94. The van der Waals surface area contributed by atoms with Crippen molar-refractivity contribution in [3.05, 3.63) is 65.5 Å². The monoisotopic (exact) mass is 362 g/mol. The number of aryl methyl sites for hydroxylation is 1. The van der Waals surface area contributed by atoms with E-state index in [4.69, 9.17) is 4.42 Å². The third-order valence-corrected chi connectivity index (χ3v) is 4.55. The Morgan fingerprint density at radius 1 is 1.07 bits per heavy atom. The average molecular weight is 362 g/mol. The lowest BCUT2D eigenvalue weighted by atomic mass is 10.1. The van der Waals surface area contributed by atoms with Gasteiger partial charge in [0, 0.05) is 22.9 Å². The number of anilines is 1. The van der Waals surface area contributed by atoms with Crippen molar-refractivity contribution in [3.8, 4) is 11.5 Å². The third-order valence-electron chi connectivity index (χ3n) is 4.55. The van der Waals surface area contributed by atoms with Crippen LogP contribution in [0.25, 0.3) is 11.5 Å². The van der Waals surface area contributed by atoms with Crippen molar-refractivity contribution in [2.45, 2.75) is 38.8 Å². The van der Waals surface area contributed by atoms with E-state index in [1.807, 2.05) is 62.4 Å². The molecule has 0 spiro atoms. The number of benzene rings is 2. The van der Waals surface area contributed by atoms with Gasteiger partial charge in [-0.3, -0.25) is 4.79 Å². The summed E-state index contributed by atoms with van der Waals surface area (Å²) >= 11 is 0. The summed E-state index contributed by atoms with van der Waals surface area (Å²) in [4.78, 5) is 12.0. The van der Waals surface area contributed by atoms with Crippen molar-refractivity contribution in [1.29, 1.82) is 0 Å². The summed E-state index contributed by atoms with van der Waals surface area (Å²) in [6.45, 7) is 4.00. The number of hydrogen-bond acceptors (Lipinski definition) is 5. The average Bonchev–Trinajstić information content (AvgIpc) is 3.34. The molecule has 0 bridgehead atoms. The Hall–Kier alpha value is -3.15. The molecule has 1 atom stereocenters. The maximum Gasteiger partial charge on any atom is 0.251 e. The Morgan fingerprint density at radius 3 is 2.44 bits per heavy atom. The van der Waals surface area contributed by atoms with Crippen molar-refractivity contribution < 1.29 is 9.21 Å². The van der Waals surface area contributed by atoms with Crippen molar-refractivity contribution >= 4 is 11.6 Å². The van der Waals surface area contributed by atoms with Gasteiger partial charge in [-0.05, 0) is 63.1 Å². The summed E-state index contributed by atoms with van der Waals surface area (Å²) in [5.41, 5.74) is 3.64. The molecular weight excluding hydrogens is 340 g/mol. The lowest BCUT2D eigenvalue weighted by Gasteiger charge is -2.12.